The monoisotopic (exact) mass is 382 g/mol. The zero-order valence-electron chi connectivity index (χ0n) is 14.8. The zero-order chi connectivity index (χ0) is 19.2. The van der Waals surface area contributed by atoms with Gasteiger partial charge in [0, 0.05) is 23.1 Å². The Bertz CT molecular complexity index is 969. The number of anilines is 1. The normalized spacial score (nSPS) is 11.1. The number of hydrazone groups is 1. The number of hydrogen-bond donors (Lipinski definition) is 1. The standard InChI is InChI=1S/C19H18N4O3S/c1-13(2)26-17-8-3-5-14(9-17)11-20-22-19-21-18(12-27-19)15-6-4-7-16(10-15)23(24)25/h3-13H,1-2H3,(H,21,22)/b20-11+. The van der Waals surface area contributed by atoms with Crippen LogP contribution in [0.4, 0.5) is 10.8 Å². The Labute approximate surface area is 160 Å². The molecule has 3 rings (SSSR count). The average Bonchev–Trinajstić information content (AvgIpc) is 3.10. The van der Waals surface area contributed by atoms with Crippen molar-refractivity contribution < 1.29 is 9.66 Å². The molecule has 0 fully saturated rings. The van der Waals surface area contributed by atoms with Gasteiger partial charge in [-0.25, -0.2) is 4.98 Å². The van der Waals surface area contributed by atoms with E-state index in [2.05, 4.69) is 15.5 Å². The molecule has 2 aromatic carbocycles. The van der Waals surface area contributed by atoms with E-state index in [1.54, 1.807) is 18.3 Å². The molecule has 0 unspecified atom stereocenters. The van der Waals surface area contributed by atoms with Gasteiger partial charge in [-0.05, 0) is 31.5 Å². The molecule has 0 aliphatic rings. The molecular formula is C19H18N4O3S. The highest BCUT2D eigenvalue weighted by Crippen LogP contribution is 2.27. The first kappa shape index (κ1) is 18.5. The van der Waals surface area contributed by atoms with E-state index in [9.17, 15) is 10.1 Å². The number of nitro benzene ring substituents is 1. The maximum absolute atomic E-state index is 10.9. The summed E-state index contributed by atoms with van der Waals surface area (Å²) in [5.74, 6) is 0.788. The summed E-state index contributed by atoms with van der Waals surface area (Å²) in [4.78, 5) is 14.9. The predicted molar refractivity (Wildman–Crippen MR) is 108 cm³/mol. The van der Waals surface area contributed by atoms with Gasteiger partial charge in [-0.1, -0.05) is 24.3 Å². The number of nitrogens with zero attached hydrogens (tertiary/aromatic N) is 3. The van der Waals surface area contributed by atoms with Crippen molar-refractivity contribution in [3.63, 3.8) is 0 Å². The third-order valence-electron chi connectivity index (χ3n) is 3.46. The van der Waals surface area contributed by atoms with Gasteiger partial charge in [0.15, 0.2) is 0 Å². The van der Waals surface area contributed by atoms with Crippen LogP contribution in [-0.2, 0) is 0 Å². The molecule has 0 amide bonds. The van der Waals surface area contributed by atoms with Crippen molar-refractivity contribution in [3.8, 4) is 17.0 Å². The predicted octanol–water partition coefficient (Wildman–Crippen LogP) is 4.95. The average molecular weight is 382 g/mol. The topological polar surface area (TPSA) is 89.7 Å². The largest absolute Gasteiger partial charge is 0.491 e. The van der Waals surface area contributed by atoms with E-state index in [1.165, 1.54) is 23.5 Å². The minimum atomic E-state index is -0.420. The summed E-state index contributed by atoms with van der Waals surface area (Å²) < 4.78 is 5.66. The molecule has 27 heavy (non-hydrogen) atoms. The van der Waals surface area contributed by atoms with Gasteiger partial charge in [0.05, 0.1) is 22.9 Å². The molecule has 1 aromatic heterocycles. The van der Waals surface area contributed by atoms with Crippen molar-refractivity contribution in [1.29, 1.82) is 0 Å². The van der Waals surface area contributed by atoms with Crippen LogP contribution in [0.2, 0.25) is 0 Å². The van der Waals surface area contributed by atoms with Gasteiger partial charge in [-0.15, -0.1) is 11.3 Å². The molecule has 0 radical (unpaired) electrons. The number of ether oxygens (including phenoxy) is 1. The Morgan fingerprint density at radius 1 is 1.26 bits per heavy atom. The first-order chi connectivity index (χ1) is 13.0. The first-order valence-electron chi connectivity index (χ1n) is 8.27. The summed E-state index contributed by atoms with van der Waals surface area (Å²) in [6, 6.07) is 14.0. The van der Waals surface area contributed by atoms with Gasteiger partial charge in [-0.2, -0.15) is 5.10 Å². The lowest BCUT2D eigenvalue weighted by atomic mass is 10.1. The molecule has 0 bridgehead atoms. The minimum Gasteiger partial charge on any atom is -0.491 e. The molecule has 138 valence electrons. The smallest absolute Gasteiger partial charge is 0.270 e. The highest BCUT2D eigenvalue weighted by molar-refractivity contribution is 7.14. The summed E-state index contributed by atoms with van der Waals surface area (Å²) in [5, 5.41) is 17.5. The van der Waals surface area contributed by atoms with Gasteiger partial charge in [0.25, 0.3) is 5.69 Å². The van der Waals surface area contributed by atoms with Gasteiger partial charge in [-0.3, -0.25) is 15.5 Å². The van der Waals surface area contributed by atoms with Crippen LogP contribution >= 0.6 is 11.3 Å². The molecule has 0 spiro atoms. The fourth-order valence-corrected chi connectivity index (χ4v) is 3.01. The van der Waals surface area contributed by atoms with E-state index in [-0.39, 0.29) is 11.8 Å². The lowest BCUT2D eigenvalue weighted by Gasteiger charge is -2.09. The number of hydrogen-bond acceptors (Lipinski definition) is 7. The summed E-state index contributed by atoms with van der Waals surface area (Å²) in [6.07, 6.45) is 1.79. The van der Waals surface area contributed by atoms with Crippen LogP contribution in [-0.4, -0.2) is 22.2 Å². The van der Waals surface area contributed by atoms with Crippen LogP contribution < -0.4 is 10.2 Å². The first-order valence-corrected chi connectivity index (χ1v) is 9.15. The second-order valence-corrected chi connectivity index (χ2v) is 6.81. The Kier molecular flexibility index (Phi) is 5.77. The van der Waals surface area contributed by atoms with E-state index >= 15 is 0 Å². The summed E-state index contributed by atoms with van der Waals surface area (Å²) in [7, 11) is 0. The van der Waals surface area contributed by atoms with Crippen LogP contribution in [0.15, 0.2) is 59.0 Å². The Balaban J connectivity index is 1.67. The Morgan fingerprint density at radius 3 is 2.85 bits per heavy atom. The molecule has 0 atom stereocenters. The summed E-state index contributed by atoms with van der Waals surface area (Å²) in [6.45, 7) is 3.95. The lowest BCUT2D eigenvalue weighted by Crippen LogP contribution is -2.05. The molecule has 7 nitrogen and oxygen atoms in total. The van der Waals surface area contributed by atoms with E-state index in [1.807, 2.05) is 43.5 Å². The van der Waals surface area contributed by atoms with Crippen molar-refractivity contribution in [2.75, 3.05) is 5.43 Å². The van der Waals surface area contributed by atoms with E-state index < -0.39 is 4.92 Å². The SMILES string of the molecule is CC(C)Oc1cccc(/C=N/Nc2nc(-c3cccc([N+](=O)[O-])c3)cs2)c1. The zero-order valence-corrected chi connectivity index (χ0v) is 15.6. The van der Waals surface area contributed by atoms with E-state index in [0.29, 0.717) is 16.4 Å². The fourth-order valence-electron chi connectivity index (χ4n) is 2.34. The molecule has 1 heterocycles. The van der Waals surface area contributed by atoms with E-state index in [0.717, 1.165) is 11.3 Å². The van der Waals surface area contributed by atoms with Gasteiger partial charge < -0.3 is 4.74 Å². The second-order valence-electron chi connectivity index (χ2n) is 5.95. The minimum absolute atomic E-state index is 0.0385. The molecule has 8 heteroatoms. The maximum atomic E-state index is 10.9. The number of aromatic nitrogens is 1. The number of benzene rings is 2. The van der Waals surface area contributed by atoms with Gasteiger partial charge >= 0.3 is 0 Å². The number of nitro groups is 1. The van der Waals surface area contributed by atoms with Crippen LogP contribution in [0.25, 0.3) is 11.3 Å². The molecule has 0 aliphatic heterocycles. The molecule has 0 saturated carbocycles. The van der Waals surface area contributed by atoms with Gasteiger partial charge in [0.1, 0.15) is 5.75 Å². The Morgan fingerprint density at radius 2 is 2.07 bits per heavy atom. The van der Waals surface area contributed by atoms with Crippen LogP contribution in [0.1, 0.15) is 19.4 Å². The summed E-state index contributed by atoms with van der Waals surface area (Å²) in [5.41, 5.74) is 5.17. The maximum Gasteiger partial charge on any atom is 0.270 e. The molecule has 3 aromatic rings. The number of non-ortho nitro benzene ring substituents is 1. The highest BCUT2D eigenvalue weighted by atomic mass is 32.1. The van der Waals surface area contributed by atoms with Crippen molar-refractivity contribution >= 4 is 28.4 Å². The van der Waals surface area contributed by atoms with Crippen LogP contribution in [0.3, 0.4) is 0 Å². The number of rotatable bonds is 7. The van der Waals surface area contributed by atoms with Crippen LogP contribution in [0, 0.1) is 10.1 Å². The molecule has 0 aliphatic carbocycles. The second kappa shape index (κ2) is 8.41. The molecule has 1 N–H and O–H groups in total. The number of nitrogens with one attached hydrogen (secondary N) is 1. The third kappa shape index (κ3) is 5.11. The quantitative estimate of drug-likeness (QED) is 0.355. The lowest BCUT2D eigenvalue weighted by molar-refractivity contribution is -0.384. The van der Waals surface area contributed by atoms with Gasteiger partial charge in [0.2, 0.25) is 5.13 Å². The number of thiazole rings is 1. The van der Waals surface area contributed by atoms with Crippen LogP contribution in [0.5, 0.6) is 5.75 Å². The fraction of sp³-hybridized carbons (Fsp3) is 0.158. The Hall–Kier alpha value is -3.26. The van der Waals surface area contributed by atoms with Crippen molar-refractivity contribution in [3.05, 3.63) is 69.6 Å². The van der Waals surface area contributed by atoms with E-state index in [4.69, 9.17) is 4.74 Å². The molecule has 0 saturated heterocycles. The third-order valence-corrected chi connectivity index (χ3v) is 4.21. The van der Waals surface area contributed by atoms with Crippen molar-refractivity contribution in [2.24, 2.45) is 5.10 Å². The summed E-state index contributed by atoms with van der Waals surface area (Å²) >= 11 is 1.37. The van der Waals surface area contributed by atoms with Crippen molar-refractivity contribution in [1.82, 2.24) is 4.98 Å². The highest BCUT2D eigenvalue weighted by Gasteiger charge is 2.09. The molecular weight excluding hydrogens is 364 g/mol. The van der Waals surface area contributed by atoms with Crippen molar-refractivity contribution in [2.45, 2.75) is 20.0 Å².